The minimum atomic E-state index is -2.32. The van der Waals surface area contributed by atoms with E-state index in [4.69, 9.17) is 11.5 Å². The van der Waals surface area contributed by atoms with E-state index in [2.05, 4.69) is 0 Å². The number of nitrogens with zero attached hydrogens (tertiary/aromatic N) is 1. The molecule has 1 aromatic heterocycles. The third-order valence-corrected chi connectivity index (χ3v) is 4.64. The summed E-state index contributed by atoms with van der Waals surface area (Å²) in [6, 6.07) is 4.54. The first-order chi connectivity index (χ1) is 11.2. The van der Waals surface area contributed by atoms with Gasteiger partial charge in [-0.05, 0) is 23.6 Å². The Balaban J connectivity index is 2.50. The summed E-state index contributed by atoms with van der Waals surface area (Å²) in [6.07, 6.45) is 1.38. The molecule has 8 nitrogen and oxygen atoms in total. The number of rotatable bonds is 3. The largest absolute Gasteiger partial charge is 0.366 e. The van der Waals surface area contributed by atoms with Gasteiger partial charge in [-0.1, -0.05) is 23.9 Å². The highest BCUT2D eigenvalue weighted by atomic mass is 32.2. The van der Waals surface area contributed by atoms with Gasteiger partial charge in [0.15, 0.2) is 0 Å². The molecule has 1 unspecified atom stereocenters. The van der Waals surface area contributed by atoms with Crippen molar-refractivity contribution in [2.24, 2.45) is 11.5 Å². The number of para-hydroxylation sites is 1. The van der Waals surface area contributed by atoms with E-state index in [1.165, 1.54) is 29.7 Å². The Labute approximate surface area is 139 Å². The molecule has 0 saturated carbocycles. The lowest BCUT2D eigenvalue weighted by Crippen LogP contribution is -2.40. The first-order valence-corrected chi connectivity index (χ1v) is 7.69. The summed E-state index contributed by atoms with van der Waals surface area (Å²) in [5.74, 6) is -1.76. The van der Waals surface area contributed by atoms with Gasteiger partial charge < -0.3 is 21.7 Å². The fraction of sp³-hybridized carbons (Fsp3) is 0.133. The summed E-state index contributed by atoms with van der Waals surface area (Å²) in [7, 11) is 0. The van der Waals surface area contributed by atoms with Gasteiger partial charge >= 0.3 is 0 Å². The third-order valence-electron chi connectivity index (χ3n) is 3.75. The van der Waals surface area contributed by atoms with E-state index in [1.807, 2.05) is 0 Å². The van der Waals surface area contributed by atoms with Crippen LogP contribution in [0.3, 0.4) is 0 Å². The second kappa shape index (κ2) is 5.48. The Kier molecular flexibility index (Phi) is 3.71. The van der Waals surface area contributed by atoms with Crippen LogP contribution >= 0.6 is 11.8 Å². The Morgan fingerprint density at radius 2 is 1.83 bits per heavy atom. The molecule has 0 radical (unpaired) electrons. The summed E-state index contributed by atoms with van der Waals surface area (Å²) in [4.78, 5) is 36.0. The van der Waals surface area contributed by atoms with Gasteiger partial charge in [0, 0.05) is 5.39 Å². The van der Waals surface area contributed by atoms with Crippen LogP contribution in [0.2, 0.25) is 0 Å². The van der Waals surface area contributed by atoms with Gasteiger partial charge in [0.2, 0.25) is 5.12 Å². The highest BCUT2D eigenvalue weighted by Gasteiger charge is 2.40. The molecule has 9 heteroatoms. The number of nitrogens with two attached hydrogens (primary N) is 2. The maximum absolute atomic E-state index is 12.7. The van der Waals surface area contributed by atoms with Crippen molar-refractivity contribution in [2.45, 2.75) is 11.2 Å². The van der Waals surface area contributed by atoms with Crippen LogP contribution in [-0.4, -0.2) is 31.7 Å². The molecule has 0 aliphatic carbocycles. The fourth-order valence-electron chi connectivity index (χ4n) is 2.70. The molecule has 0 spiro atoms. The summed E-state index contributed by atoms with van der Waals surface area (Å²) < 4.78 is 0.964. The SMILES string of the molecule is NC(=O)c1cc2cccc(C(N)=O)c2n(C2C=CSC2(O)O)c1=O. The number of thioether (sulfide) groups is 1. The van der Waals surface area contributed by atoms with Gasteiger partial charge in [0.05, 0.1) is 11.1 Å². The van der Waals surface area contributed by atoms with Crippen LogP contribution in [-0.2, 0) is 0 Å². The molecule has 2 heterocycles. The second-order valence-corrected chi connectivity index (χ2v) is 6.36. The third kappa shape index (κ3) is 2.39. The molecule has 6 N–H and O–H groups in total. The van der Waals surface area contributed by atoms with Gasteiger partial charge in [-0.3, -0.25) is 19.0 Å². The molecular weight excluding hydrogens is 334 g/mol. The molecule has 3 rings (SSSR count). The highest BCUT2D eigenvalue weighted by molar-refractivity contribution is 8.03. The van der Waals surface area contributed by atoms with Gasteiger partial charge in [-0.2, -0.15) is 0 Å². The Morgan fingerprint density at radius 1 is 1.17 bits per heavy atom. The molecular formula is C15H13N3O5S. The van der Waals surface area contributed by atoms with Crippen molar-refractivity contribution in [3.05, 3.63) is 57.2 Å². The first-order valence-electron chi connectivity index (χ1n) is 6.81. The number of pyridine rings is 1. The normalized spacial score (nSPS) is 18.8. The van der Waals surface area contributed by atoms with Gasteiger partial charge in [-0.25, -0.2) is 0 Å². The minimum Gasteiger partial charge on any atom is -0.366 e. The number of fused-ring (bicyclic) bond motifs is 1. The molecule has 1 aromatic carbocycles. The van der Waals surface area contributed by atoms with Crippen LogP contribution in [0.5, 0.6) is 0 Å². The first kappa shape index (κ1) is 16.2. The van der Waals surface area contributed by atoms with Crippen LogP contribution in [0.4, 0.5) is 0 Å². The monoisotopic (exact) mass is 347 g/mol. The standard InChI is InChI=1S/C15H13N3O5S/c16-12(19)8-3-1-2-7-6-9(13(17)20)14(21)18(11(7)8)10-4-5-24-15(10,22)23/h1-6,10,22-23H,(H2,16,19)(H2,17,20). The van der Waals surface area contributed by atoms with Crippen molar-refractivity contribution < 1.29 is 19.8 Å². The molecule has 0 saturated heterocycles. The molecule has 2 amide bonds. The maximum atomic E-state index is 12.7. The molecule has 1 aliphatic rings. The zero-order chi connectivity index (χ0) is 17.6. The quantitative estimate of drug-likeness (QED) is 0.557. The Hall–Kier alpha value is -2.62. The molecule has 0 bridgehead atoms. The molecule has 124 valence electrons. The van der Waals surface area contributed by atoms with E-state index < -0.39 is 28.5 Å². The lowest BCUT2D eigenvalue weighted by molar-refractivity contribution is -0.0978. The van der Waals surface area contributed by atoms with E-state index >= 15 is 0 Å². The Bertz CT molecular complexity index is 963. The van der Waals surface area contributed by atoms with Crippen molar-refractivity contribution in [2.75, 3.05) is 0 Å². The number of carbonyl (C=O) groups excluding carboxylic acids is 2. The summed E-state index contributed by atoms with van der Waals surface area (Å²) in [5, 5.41) is 19.7. The smallest absolute Gasteiger partial charge is 0.264 e. The maximum Gasteiger partial charge on any atom is 0.264 e. The molecule has 2 aromatic rings. The van der Waals surface area contributed by atoms with E-state index in [9.17, 15) is 24.6 Å². The second-order valence-electron chi connectivity index (χ2n) is 5.25. The van der Waals surface area contributed by atoms with Crippen LogP contribution in [0.25, 0.3) is 10.9 Å². The van der Waals surface area contributed by atoms with Gasteiger partial charge in [0.25, 0.3) is 17.4 Å². The van der Waals surface area contributed by atoms with Gasteiger partial charge in [0.1, 0.15) is 11.6 Å². The van der Waals surface area contributed by atoms with Crippen molar-refractivity contribution >= 4 is 34.5 Å². The molecule has 1 aliphatic heterocycles. The van der Waals surface area contributed by atoms with E-state index in [0.717, 1.165) is 4.57 Å². The van der Waals surface area contributed by atoms with Crippen molar-refractivity contribution in [3.63, 3.8) is 0 Å². The number of primary amides is 2. The van der Waals surface area contributed by atoms with Crippen molar-refractivity contribution in [1.82, 2.24) is 4.57 Å². The molecule has 1 atom stereocenters. The fourth-order valence-corrected chi connectivity index (χ4v) is 3.45. The zero-order valence-electron chi connectivity index (χ0n) is 12.2. The predicted molar refractivity (Wildman–Crippen MR) is 88.2 cm³/mol. The lowest BCUT2D eigenvalue weighted by atomic mass is 10.0. The van der Waals surface area contributed by atoms with E-state index in [-0.39, 0.29) is 16.6 Å². The van der Waals surface area contributed by atoms with E-state index in [1.54, 1.807) is 6.07 Å². The summed E-state index contributed by atoms with van der Waals surface area (Å²) in [6.45, 7) is 0. The molecule has 0 fully saturated rings. The van der Waals surface area contributed by atoms with E-state index in [0.29, 0.717) is 17.1 Å². The number of aliphatic hydroxyl groups is 2. The van der Waals surface area contributed by atoms with Crippen molar-refractivity contribution in [1.29, 1.82) is 0 Å². The number of aromatic nitrogens is 1. The number of benzene rings is 1. The van der Waals surface area contributed by atoms with Gasteiger partial charge in [-0.15, -0.1) is 0 Å². The lowest BCUT2D eigenvalue weighted by Gasteiger charge is -2.26. The average molecular weight is 347 g/mol. The highest BCUT2D eigenvalue weighted by Crippen LogP contribution is 2.40. The van der Waals surface area contributed by atoms with Crippen molar-refractivity contribution in [3.8, 4) is 0 Å². The van der Waals surface area contributed by atoms with Crippen LogP contribution in [0.15, 0.2) is 40.5 Å². The predicted octanol–water partition coefficient (Wildman–Crippen LogP) is -0.361. The average Bonchev–Trinajstić information content (AvgIpc) is 2.85. The van der Waals surface area contributed by atoms with Crippen LogP contribution in [0, 0.1) is 0 Å². The number of hydrogen-bond donors (Lipinski definition) is 4. The summed E-state index contributed by atoms with van der Waals surface area (Å²) in [5.41, 5.74) is 9.56. The zero-order valence-corrected chi connectivity index (χ0v) is 13.0. The number of amides is 2. The number of carbonyl (C=O) groups is 2. The number of hydrogen-bond acceptors (Lipinski definition) is 6. The minimum absolute atomic E-state index is 0.0155. The van der Waals surface area contributed by atoms with Crippen LogP contribution in [0.1, 0.15) is 26.8 Å². The molecule has 24 heavy (non-hydrogen) atoms. The topological polar surface area (TPSA) is 149 Å². The van der Waals surface area contributed by atoms with Crippen LogP contribution < -0.4 is 17.0 Å². The summed E-state index contributed by atoms with van der Waals surface area (Å²) >= 11 is 0.687. The Morgan fingerprint density at radius 3 is 2.38 bits per heavy atom.